The van der Waals surface area contributed by atoms with Gasteiger partial charge in [-0.3, -0.25) is 9.59 Å². The third-order valence-corrected chi connectivity index (χ3v) is 3.26. The summed E-state index contributed by atoms with van der Waals surface area (Å²) >= 11 is 0. The summed E-state index contributed by atoms with van der Waals surface area (Å²) < 4.78 is 5.07. The number of para-hydroxylation sites is 1. The predicted molar refractivity (Wildman–Crippen MR) is 101 cm³/mol. The molecule has 0 spiro atoms. The summed E-state index contributed by atoms with van der Waals surface area (Å²) in [6.07, 6.45) is -0.354. The van der Waals surface area contributed by atoms with Crippen molar-refractivity contribution in [3.8, 4) is 0 Å². The Kier molecular flexibility index (Phi) is 8.44. The quantitative estimate of drug-likeness (QED) is 0.642. The number of alkyl carbamates (subject to hydrolysis) is 1. The fraction of sp³-hybridized carbons (Fsp3) is 0.474. The second-order valence-corrected chi connectivity index (χ2v) is 7.04. The van der Waals surface area contributed by atoms with Gasteiger partial charge in [-0.05, 0) is 39.3 Å². The smallest absolute Gasteiger partial charge is 0.408 e. The van der Waals surface area contributed by atoms with E-state index in [2.05, 4.69) is 16.0 Å². The summed E-state index contributed by atoms with van der Waals surface area (Å²) in [7, 11) is 0. The number of carbonyl (C=O) groups is 4. The van der Waals surface area contributed by atoms with E-state index in [4.69, 9.17) is 4.74 Å². The van der Waals surface area contributed by atoms with Crippen LogP contribution in [0.15, 0.2) is 24.3 Å². The molecule has 3 N–H and O–H groups in total. The maximum atomic E-state index is 12.0. The number of ketones is 1. The lowest BCUT2D eigenvalue weighted by molar-refractivity contribution is -0.124. The molecule has 0 unspecified atom stereocenters. The number of hydrogen-bond acceptors (Lipinski definition) is 5. The van der Waals surface area contributed by atoms with Crippen molar-refractivity contribution >= 4 is 29.4 Å². The maximum Gasteiger partial charge on any atom is 0.408 e. The van der Waals surface area contributed by atoms with E-state index >= 15 is 0 Å². The third kappa shape index (κ3) is 9.98. The van der Waals surface area contributed by atoms with Crippen molar-refractivity contribution in [3.05, 3.63) is 29.8 Å². The normalized spacial score (nSPS) is 10.7. The minimum Gasteiger partial charge on any atom is -0.444 e. The number of anilines is 1. The van der Waals surface area contributed by atoms with Crippen molar-refractivity contribution in [2.45, 2.75) is 52.7 Å². The highest BCUT2D eigenvalue weighted by molar-refractivity contribution is 5.94. The van der Waals surface area contributed by atoms with Crippen LogP contribution in [-0.2, 0) is 25.7 Å². The molecular weight excluding hydrogens is 350 g/mol. The van der Waals surface area contributed by atoms with Crippen molar-refractivity contribution in [1.82, 2.24) is 10.6 Å². The number of amides is 3. The molecule has 1 aromatic rings. The first-order chi connectivity index (χ1) is 12.6. The molecule has 8 heteroatoms. The van der Waals surface area contributed by atoms with E-state index < -0.39 is 17.6 Å². The van der Waals surface area contributed by atoms with Gasteiger partial charge in [0.1, 0.15) is 17.9 Å². The largest absolute Gasteiger partial charge is 0.444 e. The number of Topliss-reactive ketones (excluding diaryl/α,β-unsaturated/α-hetero) is 1. The van der Waals surface area contributed by atoms with Gasteiger partial charge in [0.15, 0.2) is 0 Å². The maximum absolute atomic E-state index is 12.0. The Morgan fingerprint density at radius 3 is 2.26 bits per heavy atom. The van der Waals surface area contributed by atoms with Crippen LogP contribution >= 0.6 is 0 Å². The highest BCUT2D eigenvalue weighted by Gasteiger charge is 2.17. The number of nitrogens with one attached hydrogen (secondary N) is 3. The van der Waals surface area contributed by atoms with Crippen molar-refractivity contribution in [2.24, 2.45) is 0 Å². The third-order valence-electron chi connectivity index (χ3n) is 3.26. The van der Waals surface area contributed by atoms with Gasteiger partial charge in [-0.1, -0.05) is 18.2 Å². The highest BCUT2D eigenvalue weighted by atomic mass is 16.6. The second kappa shape index (κ2) is 10.3. The minimum atomic E-state index is -0.677. The predicted octanol–water partition coefficient (Wildman–Crippen LogP) is 2.14. The zero-order valence-corrected chi connectivity index (χ0v) is 16.2. The molecule has 0 fully saturated rings. The first-order valence-corrected chi connectivity index (χ1v) is 8.67. The summed E-state index contributed by atoms with van der Waals surface area (Å²) in [5.74, 6) is -0.704. The Hall–Kier alpha value is -2.90. The summed E-state index contributed by atoms with van der Waals surface area (Å²) in [6.45, 7) is 6.60. The van der Waals surface area contributed by atoms with Crippen LogP contribution < -0.4 is 16.0 Å². The summed E-state index contributed by atoms with van der Waals surface area (Å²) in [5.41, 5.74) is 0.591. The topological polar surface area (TPSA) is 114 Å². The lowest BCUT2D eigenvalue weighted by Gasteiger charge is -2.19. The number of ether oxygens (including phenoxy) is 1. The fourth-order valence-electron chi connectivity index (χ4n) is 2.03. The molecule has 0 aliphatic rings. The Bertz CT molecular complexity index is 695. The Balaban J connectivity index is 2.53. The van der Waals surface area contributed by atoms with Crippen LogP contribution in [0.5, 0.6) is 0 Å². The van der Waals surface area contributed by atoms with Crippen molar-refractivity contribution < 1.29 is 23.9 Å². The van der Waals surface area contributed by atoms with E-state index in [9.17, 15) is 19.2 Å². The van der Waals surface area contributed by atoms with E-state index in [0.29, 0.717) is 11.3 Å². The van der Waals surface area contributed by atoms with Crippen molar-refractivity contribution in [3.63, 3.8) is 0 Å². The lowest BCUT2D eigenvalue weighted by Crippen LogP contribution is -2.37. The van der Waals surface area contributed by atoms with Gasteiger partial charge in [0.05, 0.1) is 0 Å². The van der Waals surface area contributed by atoms with E-state index in [0.717, 1.165) is 0 Å². The zero-order chi connectivity index (χ0) is 20.4. The van der Waals surface area contributed by atoms with Crippen LogP contribution in [0.2, 0.25) is 0 Å². The van der Waals surface area contributed by atoms with Crippen molar-refractivity contribution in [2.75, 3.05) is 11.9 Å². The zero-order valence-electron chi connectivity index (χ0n) is 16.2. The monoisotopic (exact) mass is 377 g/mol. The van der Waals surface area contributed by atoms with E-state index in [1.807, 2.05) is 0 Å². The molecule has 1 aromatic carbocycles. The van der Waals surface area contributed by atoms with Crippen LogP contribution in [-0.4, -0.2) is 35.8 Å². The van der Waals surface area contributed by atoms with Gasteiger partial charge in [0.2, 0.25) is 11.8 Å². The molecule has 0 saturated heterocycles. The molecule has 0 aromatic heterocycles. The summed E-state index contributed by atoms with van der Waals surface area (Å²) in [6, 6.07) is 6.99. The Morgan fingerprint density at radius 1 is 0.963 bits per heavy atom. The Morgan fingerprint density at radius 2 is 1.63 bits per heavy atom. The number of rotatable bonds is 8. The van der Waals surface area contributed by atoms with Crippen LogP contribution in [0, 0.1) is 0 Å². The molecule has 0 atom stereocenters. The molecule has 0 aliphatic heterocycles. The van der Waals surface area contributed by atoms with Crippen LogP contribution in [0.1, 0.15) is 46.1 Å². The molecule has 0 aliphatic carbocycles. The molecule has 27 heavy (non-hydrogen) atoms. The minimum absolute atomic E-state index is 0.0460. The van der Waals surface area contributed by atoms with Gasteiger partial charge >= 0.3 is 6.09 Å². The van der Waals surface area contributed by atoms with Gasteiger partial charge in [-0.2, -0.15) is 0 Å². The molecule has 148 valence electrons. The number of carbonyl (C=O) groups excluding carboxylic acids is 4. The molecule has 0 heterocycles. The molecule has 3 amide bonds. The summed E-state index contributed by atoms with van der Waals surface area (Å²) in [4.78, 5) is 46.3. The average molecular weight is 377 g/mol. The first kappa shape index (κ1) is 22.1. The number of hydrogen-bond donors (Lipinski definition) is 3. The van der Waals surface area contributed by atoms with Gasteiger partial charge in [0, 0.05) is 25.1 Å². The van der Waals surface area contributed by atoms with Crippen LogP contribution in [0.4, 0.5) is 10.5 Å². The average Bonchev–Trinajstić information content (AvgIpc) is 2.56. The molecule has 0 saturated carbocycles. The van der Waals surface area contributed by atoms with Gasteiger partial charge in [-0.25, -0.2) is 4.79 Å². The van der Waals surface area contributed by atoms with E-state index in [1.165, 1.54) is 6.92 Å². The van der Waals surface area contributed by atoms with Crippen molar-refractivity contribution in [1.29, 1.82) is 0 Å². The van der Waals surface area contributed by atoms with Crippen LogP contribution in [0.3, 0.4) is 0 Å². The van der Waals surface area contributed by atoms with E-state index in [1.54, 1.807) is 45.0 Å². The number of benzene rings is 1. The standard InChI is InChI=1S/C19H27N3O5/c1-13(23)9-10-16(24)20-11-14-7-5-6-8-15(14)22-17(25)12-21-18(26)27-19(2,3)4/h5-8H,9-12H2,1-4H3,(H,20,24)(H,21,26)(H,22,25). The molecule has 1 rings (SSSR count). The van der Waals surface area contributed by atoms with Crippen LogP contribution in [0.25, 0.3) is 0 Å². The van der Waals surface area contributed by atoms with E-state index in [-0.39, 0.29) is 37.6 Å². The van der Waals surface area contributed by atoms with Gasteiger partial charge in [-0.15, -0.1) is 0 Å². The van der Waals surface area contributed by atoms with Gasteiger partial charge < -0.3 is 25.5 Å². The highest BCUT2D eigenvalue weighted by Crippen LogP contribution is 2.14. The second-order valence-electron chi connectivity index (χ2n) is 7.04. The van der Waals surface area contributed by atoms with Gasteiger partial charge in [0.25, 0.3) is 0 Å². The lowest BCUT2D eigenvalue weighted by atomic mass is 10.1. The first-order valence-electron chi connectivity index (χ1n) is 8.67. The SMILES string of the molecule is CC(=O)CCC(=O)NCc1ccccc1NC(=O)CNC(=O)OC(C)(C)C. The molecule has 0 bridgehead atoms. The Labute approximate surface area is 159 Å². The molecule has 8 nitrogen and oxygen atoms in total. The summed E-state index contributed by atoms with van der Waals surface area (Å²) in [5, 5.41) is 7.78. The molecular formula is C19H27N3O5. The fourth-order valence-corrected chi connectivity index (χ4v) is 2.03. The molecule has 0 radical (unpaired) electrons.